The molecule has 1 N–H and O–H groups in total. The zero-order chi connectivity index (χ0) is 23.4. The summed E-state index contributed by atoms with van der Waals surface area (Å²) >= 11 is 0. The Labute approximate surface area is 185 Å². The SMILES string of the molecule is O=C(NCC1COCCN1C(=O)c1ccccc1)c1ccc(-c2noc(C(F)(F)F)n2)nc1. The number of nitrogens with one attached hydrogen (secondary N) is 1. The van der Waals surface area contributed by atoms with Gasteiger partial charge in [0.15, 0.2) is 0 Å². The molecule has 2 aromatic heterocycles. The van der Waals surface area contributed by atoms with Crippen molar-refractivity contribution in [2.75, 3.05) is 26.3 Å². The van der Waals surface area contributed by atoms with Crippen molar-refractivity contribution in [3.05, 3.63) is 65.7 Å². The van der Waals surface area contributed by atoms with Crippen LogP contribution in [0.4, 0.5) is 13.2 Å². The molecule has 4 rings (SSSR count). The highest BCUT2D eigenvalue weighted by molar-refractivity contribution is 5.95. The number of nitrogens with zero attached hydrogens (tertiary/aromatic N) is 4. The van der Waals surface area contributed by atoms with E-state index in [1.807, 2.05) is 6.07 Å². The van der Waals surface area contributed by atoms with Gasteiger partial charge in [0, 0.05) is 24.8 Å². The summed E-state index contributed by atoms with van der Waals surface area (Å²) in [6, 6.07) is 11.2. The van der Waals surface area contributed by atoms with E-state index in [4.69, 9.17) is 4.74 Å². The van der Waals surface area contributed by atoms with E-state index < -0.39 is 18.0 Å². The minimum Gasteiger partial charge on any atom is -0.377 e. The fourth-order valence-electron chi connectivity index (χ4n) is 3.25. The number of hydrogen-bond donors (Lipinski definition) is 1. The second-order valence-corrected chi connectivity index (χ2v) is 7.16. The monoisotopic (exact) mass is 461 g/mol. The second-order valence-electron chi connectivity index (χ2n) is 7.16. The van der Waals surface area contributed by atoms with E-state index in [0.717, 1.165) is 0 Å². The van der Waals surface area contributed by atoms with Crippen LogP contribution in [0.1, 0.15) is 26.6 Å². The summed E-state index contributed by atoms with van der Waals surface area (Å²) < 4.78 is 47.4. The number of alkyl halides is 3. The van der Waals surface area contributed by atoms with Gasteiger partial charge in [-0.3, -0.25) is 14.6 Å². The van der Waals surface area contributed by atoms with Crippen molar-refractivity contribution in [2.24, 2.45) is 0 Å². The molecule has 0 radical (unpaired) electrons. The highest BCUT2D eigenvalue weighted by Gasteiger charge is 2.38. The number of carbonyl (C=O) groups is 2. The lowest BCUT2D eigenvalue weighted by Gasteiger charge is -2.35. The van der Waals surface area contributed by atoms with Crippen molar-refractivity contribution in [3.63, 3.8) is 0 Å². The highest BCUT2D eigenvalue weighted by Crippen LogP contribution is 2.28. The van der Waals surface area contributed by atoms with Gasteiger partial charge in [0.1, 0.15) is 5.69 Å². The molecule has 12 heteroatoms. The molecule has 1 aromatic carbocycles. The Hall–Kier alpha value is -3.80. The van der Waals surface area contributed by atoms with Crippen molar-refractivity contribution >= 4 is 11.8 Å². The maximum absolute atomic E-state index is 12.8. The molecule has 1 saturated heterocycles. The van der Waals surface area contributed by atoms with Gasteiger partial charge in [-0.25, -0.2) is 0 Å². The van der Waals surface area contributed by atoms with Crippen LogP contribution in [0.2, 0.25) is 0 Å². The van der Waals surface area contributed by atoms with Crippen molar-refractivity contribution in [1.82, 2.24) is 25.3 Å². The minimum atomic E-state index is -4.76. The summed E-state index contributed by atoms with van der Waals surface area (Å²) in [5.74, 6) is -2.44. The van der Waals surface area contributed by atoms with Crippen molar-refractivity contribution < 1.29 is 32.0 Å². The quantitative estimate of drug-likeness (QED) is 0.621. The molecule has 9 nitrogen and oxygen atoms in total. The molecular weight excluding hydrogens is 443 g/mol. The molecule has 0 bridgehead atoms. The van der Waals surface area contributed by atoms with E-state index in [9.17, 15) is 22.8 Å². The smallest absolute Gasteiger partial charge is 0.377 e. The molecule has 2 amide bonds. The van der Waals surface area contributed by atoms with Crippen LogP contribution in [0.15, 0.2) is 53.2 Å². The number of pyridine rings is 1. The number of carbonyl (C=O) groups excluding carboxylic acids is 2. The first-order valence-corrected chi connectivity index (χ1v) is 9.92. The number of benzene rings is 1. The van der Waals surface area contributed by atoms with Crippen molar-refractivity contribution in [1.29, 1.82) is 0 Å². The molecule has 3 aromatic rings. The number of ether oxygens (including phenoxy) is 1. The molecule has 3 heterocycles. The van der Waals surface area contributed by atoms with Crippen LogP contribution in [-0.4, -0.2) is 64.2 Å². The van der Waals surface area contributed by atoms with Crippen LogP contribution in [0.25, 0.3) is 11.5 Å². The van der Waals surface area contributed by atoms with E-state index >= 15 is 0 Å². The summed E-state index contributed by atoms with van der Waals surface area (Å²) in [5.41, 5.74) is 0.743. The first-order chi connectivity index (χ1) is 15.8. The molecule has 0 aliphatic carbocycles. The average Bonchev–Trinajstić information content (AvgIpc) is 3.34. The Bertz CT molecular complexity index is 1120. The summed E-state index contributed by atoms with van der Waals surface area (Å²) in [4.78, 5) is 34.2. The Morgan fingerprint density at radius 1 is 1.12 bits per heavy atom. The number of halogens is 3. The Kier molecular flexibility index (Phi) is 6.36. The van der Waals surface area contributed by atoms with Gasteiger partial charge in [-0.05, 0) is 24.3 Å². The summed E-state index contributed by atoms with van der Waals surface area (Å²) in [6.07, 6.45) is -3.57. The zero-order valence-corrected chi connectivity index (χ0v) is 17.1. The van der Waals surface area contributed by atoms with E-state index in [1.54, 1.807) is 29.2 Å². The van der Waals surface area contributed by atoms with Gasteiger partial charge in [-0.1, -0.05) is 23.4 Å². The first-order valence-electron chi connectivity index (χ1n) is 9.92. The summed E-state index contributed by atoms with van der Waals surface area (Å²) in [7, 11) is 0. The topological polar surface area (TPSA) is 110 Å². The molecule has 0 spiro atoms. The normalized spacial score (nSPS) is 16.5. The number of rotatable bonds is 5. The third-order valence-electron chi connectivity index (χ3n) is 4.93. The molecular formula is C21H18F3N5O4. The standard InChI is InChI=1S/C21H18F3N5O4/c22-21(23,24)20-27-17(28-33-20)16-7-6-14(10-25-16)18(30)26-11-15-12-32-9-8-29(15)19(31)13-4-2-1-3-5-13/h1-7,10,15H,8-9,11-12H2,(H,26,30). The molecule has 172 valence electrons. The van der Waals surface area contributed by atoms with Crippen molar-refractivity contribution in [3.8, 4) is 11.5 Å². The lowest BCUT2D eigenvalue weighted by molar-refractivity contribution is -0.159. The van der Waals surface area contributed by atoms with Crippen LogP contribution in [0.3, 0.4) is 0 Å². The predicted molar refractivity (Wildman–Crippen MR) is 107 cm³/mol. The number of morpholine rings is 1. The molecule has 1 unspecified atom stereocenters. The number of amides is 2. The van der Waals surface area contributed by atoms with Gasteiger partial charge in [0.2, 0.25) is 5.82 Å². The highest BCUT2D eigenvalue weighted by atomic mass is 19.4. The third-order valence-corrected chi connectivity index (χ3v) is 4.93. The lowest BCUT2D eigenvalue weighted by Crippen LogP contribution is -2.53. The number of hydrogen-bond acceptors (Lipinski definition) is 7. The fourth-order valence-corrected chi connectivity index (χ4v) is 3.25. The molecule has 1 fully saturated rings. The predicted octanol–water partition coefficient (Wildman–Crippen LogP) is 2.42. The van der Waals surface area contributed by atoms with Crippen molar-refractivity contribution in [2.45, 2.75) is 12.2 Å². The Balaban J connectivity index is 1.38. The van der Waals surface area contributed by atoms with E-state index in [1.165, 1.54) is 18.3 Å². The Morgan fingerprint density at radius 3 is 2.58 bits per heavy atom. The Morgan fingerprint density at radius 2 is 1.91 bits per heavy atom. The molecule has 33 heavy (non-hydrogen) atoms. The lowest BCUT2D eigenvalue weighted by atomic mass is 10.1. The fraction of sp³-hybridized carbons (Fsp3) is 0.286. The van der Waals surface area contributed by atoms with Gasteiger partial charge in [0.25, 0.3) is 11.8 Å². The zero-order valence-electron chi connectivity index (χ0n) is 17.1. The molecule has 1 aliphatic heterocycles. The molecule has 1 atom stereocenters. The van der Waals surface area contributed by atoms with Gasteiger partial charge >= 0.3 is 12.1 Å². The van der Waals surface area contributed by atoms with E-state index in [2.05, 4.69) is 25.0 Å². The van der Waals surface area contributed by atoms with Gasteiger partial charge < -0.3 is 19.5 Å². The minimum absolute atomic E-state index is 0.0195. The third kappa shape index (κ3) is 5.17. The largest absolute Gasteiger partial charge is 0.471 e. The molecule has 1 aliphatic rings. The maximum Gasteiger partial charge on any atom is 0.471 e. The van der Waals surface area contributed by atoms with Crippen LogP contribution < -0.4 is 5.32 Å². The summed E-state index contributed by atoms with van der Waals surface area (Å²) in [6.45, 7) is 1.23. The van der Waals surface area contributed by atoms with E-state index in [0.29, 0.717) is 18.7 Å². The van der Waals surface area contributed by atoms with E-state index in [-0.39, 0.29) is 42.2 Å². The summed E-state index contributed by atoms with van der Waals surface area (Å²) in [5, 5.41) is 5.99. The van der Waals surface area contributed by atoms with Crippen LogP contribution in [0, 0.1) is 0 Å². The second kappa shape index (κ2) is 9.36. The van der Waals surface area contributed by atoms with Crippen LogP contribution in [-0.2, 0) is 10.9 Å². The first kappa shape index (κ1) is 22.4. The van der Waals surface area contributed by atoms with Gasteiger partial charge in [0.05, 0.1) is 24.8 Å². The number of aromatic nitrogens is 3. The van der Waals surface area contributed by atoms with Gasteiger partial charge in [-0.2, -0.15) is 18.2 Å². The van der Waals surface area contributed by atoms with Gasteiger partial charge in [-0.15, -0.1) is 0 Å². The maximum atomic E-state index is 12.8. The van der Waals surface area contributed by atoms with Crippen LogP contribution >= 0.6 is 0 Å². The molecule has 0 saturated carbocycles. The van der Waals surface area contributed by atoms with Crippen LogP contribution in [0.5, 0.6) is 0 Å². The average molecular weight is 461 g/mol.